The summed E-state index contributed by atoms with van der Waals surface area (Å²) in [6, 6.07) is 12.2. The van der Waals surface area contributed by atoms with Crippen LogP contribution in [0.3, 0.4) is 0 Å². The Labute approximate surface area is 184 Å². The standard InChI is InChI=1S/C21H16F3N7O2/c1-12-9-18(32)19(27-30(12)16-7-3-5-14(10-16)21(22,23)24)20(33)25-15-6-4-8-17(11-15)31-13(2)26-28-29-31/h3-11H,1-2H3,(H,25,33). The van der Waals surface area contributed by atoms with Gasteiger partial charge in [-0.3, -0.25) is 9.59 Å². The summed E-state index contributed by atoms with van der Waals surface area (Å²) in [5.41, 5.74) is -0.753. The van der Waals surface area contributed by atoms with E-state index in [0.29, 0.717) is 17.2 Å². The van der Waals surface area contributed by atoms with Crippen LogP contribution in [0.25, 0.3) is 11.4 Å². The molecule has 12 heteroatoms. The minimum Gasteiger partial charge on any atom is -0.320 e. The van der Waals surface area contributed by atoms with Gasteiger partial charge in [0.1, 0.15) is 0 Å². The third-order valence-electron chi connectivity index (χ3n) is 4.71. The normalized spacial score (nSPS) is 11.4. The Morgan fingerprint density at radius 3 is 2.33 bits per heavy atom. The highest BCUT2D eigenvalue weighted by Crippen LogP contribution is 2.30. The maximum Gasteiger partial charge on any atom is 0.416 e. The highest BCUT2D eigenvalue weighted by molar-refractivity contribution is 6.02. The van der Waals surface area contributed by atoms with Gasteiger partial charge in [-0.1, -0.05) is 12.1 Å². The van der Waals surface area contributed by atoms with Crippen molar-refractivity contribution in [3.8, 4) is 11.4 Å². The molecule has 2 aromatic heterocycles. The molecule has 0 aliphatic heterocycles. The molecule has 2 aromatic carbocycles. The first-order valence-electron chi connectivity index (χ1n) is 9.59. The maximum atomic E-state index is 13.1. The SMILES string of the molecule is Cc1cc(=O)c(C(=O)Nc2cccc(-n3nnnc3C)c2)nn1-c1cccc(C(F)(F)F)c1. The number of hydrogen-bond donors (Lipinski definition) is 1. The predicted molar refractivity (Wildman–Crippen MR) is 111 cm³/mol. The number of hydrogen-bond acceptors (Lipinski definition) is 6. The molecule has 0 spiro atoms. The molecule has 0 bridgehead atoms. The van der Waals surface area contributed by atoms with E-state index in [1.165, 1.54) is 23.7 Å². The number of carbonyl (C=O) groups excluding carboxylic acids is 1. The van der Waals surface area contributed by atoms with E-state index in [0.717, 1.165) is 22.9 Å². The summed E-state index contributed by atoms with van der Waals surface area (Å²) in [6.45, 7) is 3.21. The number of anilines is 1. The van der Waals surface area contributed by atoms with Crippen LogP contribution >= 0.6 is 0 Å². The van der Waals surface area contributed by atoms with Gasteiger partial charge in [-0.05, 0) is 60.7 Å². The van der Waals surface area contributed by atoms with Crippen LogP contribution in [0.2, 0.25) is 0 Å². The number of aromatic nitrogens is 6. The summed E-state index contributed by atoms with van der Waals surface area (Å²) >= 11 is 0. The molecule has 4 rings (SSSR count). The molecule has 0 aliphatic carbocycles. The van der Waals surface area contributed by atoms with Crippen molar-refractivity contribution in [1.82, 2.24) is 30.0 Å². The fourth-order valence-electron chi connectivity index (χ4n) is 3.16. The monoisotopic (exact) mass is 455 g/mol. The Morgan fingerprint density at radius 2 is 1.67 bits per heavy atom. The molecule has 4 aromatic rings. The number of amides is 1. The van der Waals surface area contributed by atoms with E-state index in [9.17, 15) is 22.8 Å². The molecule has 1 N–H and O–H groups in total. The molecule has 0 radical (unpaired) electrons. The highest BCUT2D eigenvalue weighted by atomic mass is 19.4. The number of nitrogens with one attached hydrogen (secondary N) is 1. The predicted octanol–water partition coefficient (Wildman–Crippen LogP) is 3.10. The molecular weight excluding hydrogens is 439 g/mol. The van der Waals surface area contributed by atoms with Crippen molar-refractivity contribution in [2.75, 3.05) is 5.32 Å². The molecule has 1 amide bonds. The van der Waals surface area contributed by atoms with E-state index in [2.05, 4.69) is 25.9 Å². The molecule has 0 saturated carbocycles. The van der Waals surface area contributed by atoms with E-state index in [1.807, 2.05) is 0 Å². The fourth-order valence-corrected chi connectivity index (χ4v) is 3.16. The van der Waals surface area contributed by atoms with Crippen LogP contribution in [-0.2, 0) is 6.18 Å². The average Bonchev–Trinajstić information content (AvgIpc) is 3.19. The number of aryl methyl sites for hydroxylation is 2. The maximum absolute atomic E-state index is 13.1. The summed E-state index contributed by atoms with van der Waals surface area (Å²) in [5.74, 6) is -0.283. The second-order valence-electron chi connectivity index (χ2n) is 7.10. The first kappa shape index (κ1) is 21.9. The van der Waals surface area contributed by atoms with Crippen LogP contribution in [0.4, 0.5) is 18.9 Å². The lowest BCUT2D eigenvalue weighted by Crippen LogP contribution is -2.27. The number of carbonyl (C=O) groups is 1. The van der Waals surface area contributed by atoms with Crippen LogP contribution in [0.15, 0.2) is 59.4 Å². The van der Waals surface area contributed by atoms with Crippen molar-refractivity contribution in [3.05, 3.63) is 87.6 Å². The second kappa shape index (κ2) is 8.30. The van der Waals surface area contributed by atoms with Crippen LogP contribution < -0.4 is 10.7 Å². The van der Waals surface area contributed by atoms with E-state index >= 15 is 0 Å². The summed E-state index contributed by atoms with van der Waals surface area (Å²) in [6.07, 6.45) is -4.55. The molecule has 0 fully saturated rings. The van der Waals surface area contributed by atoms with E-state index < -0.39 is 28.8 Å². The summed E-state index contributed by atoms with van der Waals surface area (Å²) < 4.78 is 41.9. The first-order valence-corrected chi connectivity index (χ1v) is 9.59. The van der Waals surface area contributed by atoms with Gasteiger partial charge in [-0.2, -0.15) is 23.0 Å². The molecule has 0 unspecified atom stereocenters. The Balaban J connectivity index is 1.67. The van der Waals surface area contributed by atoms with Gasteiger partial charge in [-0.15, -0.1) is 5.10 Å². The van der Waals surface area contributed by atoms with Crippen molar-refractivity contribution in [3.63, 3.8) is 0 Å². The van der Waals surface area contributed by atoms with Crippen molar-refractivity contribution >= 4 is 11.6 Å². The van der Waals surface area contributed by atoms with Gasteiger partial charge in [0.25, 0.3) is 5.91 Å². The Hall–Kier alpha value is -4.35. The molecule has 0 aliphatic rings. The number of alkyl halides is 3. The molecule has 168 valence electrons. The number of rotatable bonds is 4. The summed E-state index contributed by atoms with van der Waals surface area (Å²) in [4.78, 5) is 25.2. The van der Waals surface area contributed by atoms with Gasteiger partial charge >= 0.3 is 6.18 Å². The zero-order chi connectivity index (χ0) is 23.8. The molecular formula is C21H16F3N7O2. The quantitative estimate of drug-likeness (QED) is 0.507. The summed E-state index contributed by atoms with van der Waals surface area (Å²) in [5, 5.41) is 17.8. The lowest BCUT2D eigenvalue weighted by molar-refractivity contribution is -0.137. The Morgan fingerprint density at radius 1 is 0.970 bits per heavy atom. The average molecular weight is 455 g/mol. The lowest BCUT2D eigenvalue weighted by Gasteiger charge is -2.14. The molecule has 9 nitrogen and oxygen atoms in total. The first-order chi connectivity index (χ1) is 15.6. The second-order valence-corrected chi connectivity index (χ2v) is 7.10. The Kier molecular flexibility index (Phi) is 5.50. The highest BCUT2D eigenvalue weighted by Gasteiger charge is 2.30. The third kappa shape index (κ3) is 4.49. The van der Waals surface area contributed by atoms with E-state index in [1.54, 1.807) is 31.2 Å². The van der Waals surface area contributed by atoms with E-state index in [4.69, 9.17) is 0 Å². The Bertz CT molecular complexity index is 1410. The molecule has 0 atom stereocenters. The van der Waals surface area contributed by atoms with Crippen molar-refractivity contribution in [1.29, 1.82) is 0 Å². The molecule has 2 heterocycles. The van der Waals surface area contributed by atoms with Gasteiger partial charge < -0.3 is 5.32 Å². The van der Waals surface area contributed by atoms with Crippen LogP contribution in [0.1, 0.15) is 27.6 Å². The van der Waals surface area contributed by atoms with Gasteiger partial charge in [0.15, 0.2) is 11.5 Å². The van der Waals surface area contributed by atoms with Gasteiger partial charge in [-0.25, -0.2) is 4.68 Å². The smallest absolute Gasteiger partial charge is 0.320 e. The minimum absolute atomic E-state index is 0.0625. The fraction of sp³-hybridized carbons (Fsp3) is 0.143. The zero-order valence-electron chi connectivity index (χ0n) is 17.3. The van der Waals surface area contributed by atoms with Crippen molar-refractivity contribution in [2.24, 2.45) is 0 Å². The molecule has 0 saturated heterocycles. The zero-order valence-corrected chi connectivity index (χ0v) is 17.3. The van der Waals surface area contributed by atoms with Crippen LogP contribution in [0.5, 0.6) is 0 Å². The topological polar surface area (TPSA) is 108 Å². The number of nitrogens with zero attached hydrogens (tertiary/aromatic N) is 6. The van der Waals surface area contributed by atoms with E-state index in [-0.39, 0.29) is 11.4 Å². The number of benzene rings is 2. The van der Waals surface area contributed by atoms with Crippen LogP contribution in [-0.4, -0.2) is 35.9 Å². The van der Waals surface area contributed by atoms with Gasteiger partial charge in [0.2, 0.25) is 5.43 Å². The van der Waals surface area contributed by atoms with Crippen molar-refractivity contribution < 1.29 is 18.0 Å². The number of tetrazole rings is 1. The van der Waals surface area contributed by atoms with Gasteiger partial charge in [0, 0.05) is 17.4 Å². The summed E-state index contributed by atoms with van der Waals surface area (Å²) in [7, 11) is 0. The van der Waals surface area contributed by atoms with Crippen LogP contribution in [0, 0.1) is 13.8 Å². The molecule has 33 heavy (non-hydrogen) atoms. The lowest BCUT2D eigenvalue weighted by atomic mass is 10.2. The van der Waals surface area contributed by atoms with Gasteiger partial charge in [0.05, 0.1) is 16.9 Å². The van der Waals surface area contributed by atoms with Crippen molar-refractivity contribution in [2.45, 2.75) is 20.0 Å². The number of halogens is 3. The third-order valence-corrected chi connectivity index (χ3v) is 4.71. The minimum atomic E-state index is -4.55. The largest absolute Gasteiger partial charge is 0.416 e.